The largest absolute Gasteiger partial charge is 0.390 e. The zero-order valence-electron chi connectivity index (χ0n) is 15.7. The Kier molecular flexibility index (Phi) is 8.06. The molecule has 2 heterocycles. The van der Waals surface area contributed by atoms with Gasteiger partial charge in [0.1, 0.15) is 4.21 Å². The van der Waals surface area contributed by atoms with Gasteiger partial charge >= 0.3 is 0 Å². The van der Waals surface area contributed by atoms with Crippen LogP contribution in [-0.2, 0) is 14.6 Å². The third-order valence-electron chi connectivity index (χ3n) is 4.20. The van der Waals surface area contributed by atoms with Crippen LogP contribution in [0.4, 0.5) is 0 Å². The van der Waals surface area contributed by atoms with Crippen LogP contribution in [0, 0.1) is 0 Å². The Balaban J connectivity index is 1.90. The van der Waals surface area contributed by atoms with Crippen molar-refractivity contribution in [3.8, 4) is 0 Å². The Morgan fingerprint density at radius 3 is 2.89 bits per heavy atom. The molecule has 3 N–H and O–H groups in total. The van der Waals surface area contributed by atoms with E-state index in [4.69, 9.17) is 0 Å². The van der Waals surface area contributed by atoms with E-state index in [0.29, 0.717) is 32.0 Å². The molecule has 2 unspecified atom stereocenters. The monoisotopic (exact) mass is 416 g/mol. The van der Waals surface area contributed by atoms with Crippen molar-refractivity contribution in [2.24, 2.45) is 4.99 Å². The van der Waals surface area contributed by atoms with Crippen LogP contribution in [0.1, 0.15) is 26.7 Å². The standard InChI is InChI=1S/C17H28N4O4S2/c1-3-15(23)21-8-7-13(11-21)20-17(18-4-2)19-10-14(22)12-27(24,25)16-6-5-9-26-16/h5-6,9,13-14,22H,3-4,7-8,10-12H2,1-2H3,(H2,18,19,20). The number of rotatable bonds is 8. The lowest BCUT2D eigenvalue weighted by Gasteiger charge is -2.19. The molecule has 0 aromatic carbocycles. The maximum atomic E-state index is 12.2. The molecule has 8 nitrogen and oxygen atoms in total. The first-order valence-corrected chi connectivity index (χ1v) is 11.7. The molecule has 1 aromatic heterocycles. The van der Waals surface area contributed by atoms with Gasteiger partial charge in [0, 0.05) is 32.1 Å². The lowest BCUT2D eigenvalue weighted by molar-refractivity contribution is -0.129. The molecular formula is C17H28N4O4S2. The molecule has 2 rings (SSSR count). The van der Waals surface area contributed by atoms with Gasteiger partial charge in [-0.2, -0.15) is 0 Å². The number of nitrogens with one attached hydrogen (secondary N) is 2. The van der Waals surface area contributed by atoms with Crippen LogP contribution < -0.4 is 10.6 Å². The van der Waals surface area contributed by atoms with Crippen LogP contribution in [0.15, 0.2) is 26.7 Å². The molecule has 1 fully saturated rings. The average Bonchev–Trinajstić information content (AvgIpc) is 3.31. The summed E-state index contributed by atoms with van der Waals surface area (Å²) in [5, 5.41) is 18.2. The number of carbonyl (C=O) groups excluding carboxylic acids is 1. The molecule has 27 heavy (non-hydrogen) atoms. The Morgan fingerprint density at radius 1 is 1.48 bits per heavy atom. The van der Waals surface area contributed by atoms with Crippen LogP contribution in [0.3, 0.4) is 0 Å². The van der Waals surface area contributed by atoms with Gasteiger partial charge in [-0.05, 0) is 24.8 Å². The van der Waals surface area contributed by atoms with E-state index in [1.807, 2.05) is 18.7 Å². The number of hydrogen-bond donors (Lipinski definition) is 3. The summed E-state index contributed by atoms with van der Waals surface area (Å²) in [6.45, 7) is 5.72. The highest BCUT2D eigenvalue weighted by Crippen LogP contribution is 2.18. The highest BCUT2D eigenvalue weighted by Gasteiger charge is 2.26. The number of amides is 1. The lowest BCUT2D eigenvalue weighted by atomic mass is 10.3. The van der Waals surface area contributed by atoms with E-state index < -0.39 is 15.9 Å². The van der Waals surface area contributed by atoms with Gasteiger partial charge in [-0.15, -0.1) is 11.3 Å². The summed E-state index contributed by atoms with van der Waals surface area (Å²) in [6.07, 6.45) is 0.228. The van der Waals surface area contributed by atoms with Crippen LogP contribution >= 0.6 is 11.3 Å². The van der Waals surface area contributed by atoms with Gasteiger partial charge in [-0.1, -0.05) is 13.0 Å². The third kappa shape index (κ3) is 6.47. The number of carbonyl (C=O) groups is 1. The predicted molar refractivity (Wildman–Crippen MR) is 107 cm³/mol. The first-order valence-electron chi connectivity index (χ1n) is 9.12. The molecule has 0 spiro atoms. The molecule has 1 aliphatic heterocycles. The number of sulfone groups is 1. The molecule has 1 aliphatic rings. The first kappa shape index (κ1) is 21.6. The number of guanidine groups is 1. The second kappa shape index (κ2) is 10.0. The van der Waals surface area contributed by atoms with Crippen molar-refractivity contribution in [3.05, 3.63) is 17.5 Å². The molecule has 10 heteroatoms. The molecule has 0 saturated carbocycles. The van der Waals surface area contributed by atoms with E-state index in [1.165, 1.54) is 6.07 Å². The summed E-state index contributed by atoms with van der Waals surface area (Å²) >= 11 is 1.14. The first-order chi connectivity index (χ1) is 12.9. The molecule has 1 amide bonds. The number of hydrogen-bond acceptors (Lipinski definition) is 6. The highest BCUT2D eigenvalue weighted by atomic mass is 32.2. The van der Waals surface area contributed by atoms with Gasteiger partial charge < -0.3 is 20.6 Å². The maximum Gasteiger partial charge on any atom is 0.222 e. The maximum absolute atomic E-state index is 12.2. The number of aliphatic hydroxyl groups excluding tert-OH is 1. The molecule has 0 aliphatic carbocycles. The van der Waals surface area contributed by atoms with Crippen molar-refractivity contribution in [3.63, 3.8) is 0 Å². The van der Waals surface area contributed by atoms with Gasteiger partial charge in [-0.3, -0.25) is 9.79 Å². The number of nitrogens with zero attached hydrogens (tertiary/aromatic N) is 2. The minimum Gasteiger partial charge on any atom is -0.390 e. The molecule has 1 aromatic rings. The van der Waals surface area contributed by atoms with Crippen molar-refractivity contribution in [2.75, 3.05) is 31.9 Å². The molecule has 2 atom stereocenters. The average molecular weight is 417 g/mol. The summed E-state index contributed by atoms with van der Waals surface area (Å²) in [4.78, 5) is 17.9. The fraction of sp³-hybridized carbons (Fsp3) is 0.647. The van der Waals surface area contributed by atoms with E-state index in [1.54, 1.807) is 11.4 Å². The fourth-order valence-electron chi connectivity index (χ4n) is 2.87. The van der Waals surface area contributed by atoms with Crippen molar-refractivity contribution in [1.29, 1.82) is 0 Å². The minimum atomic E-state index is -3.50. The van der Waals surface area contributed by atoms with Crippen molar-refractivity contribution >= 4 is 33.0 Å². The van der Waals surface area contributed by atoms with Crippen LogP contribution in [0.25, 0.3) is 0 Å². The topological polar surface area (TPSA) is 111 Å². The quantitative estimate of drug-likeness (QED) is 0.419. The molecular weight excluding hydrogens is 388 g/mol. The second-order valence-corrected chi connectivity index (χ2v) is 9.62. The number of likely N-dealkylation sites (tertiary alicyclic amines) is 1. The van der Waals surface area contributed by atoms with Crippen LogP contribution in [0.2, 0.25) is 0 Å². The Morgan fingerprint density at radius 2 is 2.26 bits per heavy atom. The Labute approximate surface area is 164 Å². The lowest BCUT2D eigenvalue weighted by Crippen LogP contribution is -2.45. The smallest absolute Gasteiger partial charge is 0.222 e. The zero-order valence-corrected chi connectivity index (χ0v) is 17.4. The summed E-state index contributed by atoms with van der Waals surface area (Å²) in [6, 6.07) is 3.29. The SMILES string of the molecule is CCNC(=NCC(O)CS(=O)(=O)c1cccs1)NC1CCN(C(=O)CC)C1. The number of aliphatic hydroxyl groups is 1. The van der Waals surface area contributed by atoms with E-state index in [2.05, 4.69) is 15.6 Å². The summed E-state index contributed by atoms with van der Waals surface area (Å²) < 4.78 is 24.7. The molecule has 152 valence electrons. The molecule has 0 bridgehead atoms. The van der Waals surface area contributed by atoms with Gasteiger partial charge in [0.25, 0.3) is 0 Å². The number of thiophene rings is 1. The third-order valence-corrected chi connectivity index (χ3v) is 7.49. The minimum absolute atomic E-state index is 0.0235. The zero-order chi connectivity index (χ0) is 19.9. The van der Waals surface area contributed by atoms with Gasteiger partial charge in [0.15, 0.2) is 15.8 Å². The predicted octanol–water partition coefficient (Wildman–Crippen LogP) is 0.449. The summed E-state index contributed by atoms with van der Waals surface area (Å²) in [7, 11) is -3.50. The van der Waals surface area contributed by atoms with Crippen molar-refractivity contribution < 1.29 is 18.3 Å². The summed E-state index contributed by atoms with van der Waals surface area (Å²) in [5.41, 5.74) is 0. The Bertz CT molecular complexity index is 734. The van der Waals surface area contributed by atoms with Crippen LogP contribution in [-0.4, -0.2) is 74.4 Å². The highest BCUT2D eigenvalue weighted by molar-refractivity contribution is 7.93. The van der Waals surface area contributed by atoms with E-state index in [0.717, 1.165) is 17.8 Å². The molecule has 0 radical (unpaired) electrons. The second-order valence-electron chi connectivity index (χ2n) is 6.41. The van der Waals surface area contributed by atoms with Crippen molar-refractivity contribution in [1.82, 2.24) is 15.5 Å². The van der Waals surface area contributed by atoms with Gasteiger partial charge in [0.05, 0.1) is 18.4 Å². The van der Waals surface area contributed by atoms with E-state index in [-0.39, 0.29) is 28.5 Å². The molecule has 1 saturated heterocycles. The summed E-state index contributed by atoms with van der Waals surface area (Å²) in [5.74, 6) is 0.287. The van der Waals surface area contributed by atoms with Gasteiger partial charge in [-0.25, -0.2) is 8.42 Å². The van der Waals surface area contributed by atoms with Crippen LogP contribution in [0.5, 0.6) is 0 Å². The van der Waals surface area contributed by atoms with Gasteiger partial charge in [0.2, 0.25) is 5.91 Å². The number of aliphatic imine (C=N–C) groups is 1. The Hall–Kier alpha value is -1.65. The van der Waals surface area contributed by atoms with E-state index in [9.17, 15) is 18.3 Å². The fourth-order valence-corrected chi connectivity index (χ4v) is 5.33. The van der Waals surface area contributed by atoms with E-state index >= 15 is 0 Å². The van der Waals surface area contributed by atoms with Crippen molar-refractivity contribution in [2.45, 2.75) is 43.0 Å². The normalized spacial score (nSPS) is 19.1.